The van der Waals surface area contributed by atoms with Gasteiger partial charge in [0.05, 0.1) is 10.6 Å². The fourth-order valence-corrected chi connectivity index (χ4v) is 3.08. The van der Waals surface area contributed by atoms with E-state index in [-0.39, 0.29) is 0 Å². The number of piperidine rings is 1. The minimum Gasteiger partial charge on any atom is -0.310 e. The lowest BCUT2D eigenvalue weighted by Gasteiger charge is -2.22. The lowest BCUT2D eigenvalue weighted by Crippen LogP contribution is -2.37. The summed E-state index contributed by atoms with van der Waals surface area (Å²) in [4.78, 5) is 5.00. The van der Waals surface area contributed by atoms with Crippen LogP contribution in [0.1, 0.15) is 19.8 Å². The maximum Gasteiger partial charge on any atom is 0.188 e. The van der Waals surface area contributed by atoms with Gasteiger partial charge in [-0.25, -0.2) is 4.21 Å². The third-order valence-corrected chi connectivity index (χ3v) is 4.09. The van der Waals surface area contributed by atoms with E-state index in [1.54, 1.807) is 6.08 Å². The molecule has 0 amide bonds. The first-order valence-corrected chi connectivity index (χ1v) is 6.83. The van der Waals surface area contributed by atoms with Gasteiger partial charge in [0.2, 0.25) is 0 Å². The van der Waals surface area contributed by atoms with Crippen LogP contribution in [0.25, 0.3) is 0 Å². The molecule has 0 bridgehead atoms. The molecular formula is C12H14N2O2S. The molecule has 3 aliphatic rings. The topological polar surface area (TPSA) is 61.7 Å². The number of nitrogens with zero attached hydrogens (tertiary/aromatic N) is 1. The highest BCUT2D eigenvalue weighted by molar-refractivity contribution is 7.83. The van der Waals surface area contributed by atoms with Crippen LogP contribution in [0, 0.1) is 0 Å². The Hall–Kier alpha value is -1.04. The monoisotopic (exact) mass is 250 g/mol. The molecule has 0 aromatic rings. The number of fused-ring (bicyclic) bond motifs is 2. The van der Waals surface area contributed by atoms with Crippen molar-refractivity contribution in [1.82, 2.24) is 5.32 Å². The minimum absolute atomic E-state index is 0.426. The van der Waals surface area contributed by atoms with Gasteiger partial charge >= 0.3 is 0 Å². The van der Waals surface area contributed by atoms with Crippen molar-refractivity contribution < 1.29 is 8.76 Å². The van der Waals surface area contributed by atoms with Gasteiger partial charge in [0.1, 0.15) is 0 Å². The average molecular weight is 250 g/mol. The fourth-order valence-electron chi connectivity index (χ4n) is 2.53. The van der Waals surface area contributed by atoms with Crippen LogP contribution in [0.15, 0.2) is 38.9 Å². The molecule has 5 heteroatoms. The molecule has 17 heavy (non-hydrogen) atoms. The summed E-state index contributed by atoms with van der Waals surface area (Å²) in [6.07, 6.45) is 5.36. The van der Waals surface area contributed by atoms with Crippen LogP contribution in [0.4, 0.5) is 0 Å². The molecule has 2 heterocycles. The Labute approximate surface area is 102 Å². The second-order valence-corrected chi connectivity index (χ2v) is 5.51. The molecular weight excluding hydrogens is 236 g/mol. The van der Waals surface area contributed by atoms with E-state index in [4.69, 9.17) is 0 Å². The maximum atomic E-state index is 11.3. The van der Waals surface area contributed by atoms with Gasteiger partial charge in [-0.1, -0.05) is 6.08 Å². The number of allylic oxidation sites excluding steroid dienone is 3. The molecule has 0 aromatic heterocycles. The molecule has 2 aliphatic heterocycles. The Bertz CT molecular complexity index is 529. The summed E-state index contributed by atoms with van der Waals surface area (Å²) in [5.74, 6) is 0. The van der Waals surface area contributed by atoms with Gasteiger partial charge in [0.15, 0.2) is 11.1 Å². The van der Waals surface area contributed by atoms with Gasteiger partial charge in [-0.15, -0.1) is 0 Å². The first kappa shape index (κ1) is 11.1. The van der Waals surface area contributed by atoms with E-state index in [1.807, 2.05) is 6.08 Å². The molecule has 0 saturated carbocycles. The van der Waals surface area contributed by atoms with Crippen LogP contribution in [0.2, 0.25) is 0 Å². The summed E-state index contributed by atoms with van der Waals surface area (Å²) in [7, 11) is 0. The summed E-state index contributed by atoms with van der Waals surface area (Å²) in [6, 6.07) is 0.426. The van der Waals surface area contributed by atoms with Gasteiger partial charge < -0.3 is 9.87 Å². The highest BCUT2D eigenvalue weighted by Crippen LogP contribution is 2.37. The van der Waals surface area contributed by atoms with Crippen molar-refractivity contribution in [2.75, 3.05) is 6.54 Å². The number of hydrogen-bond donors (Lipinski definition) is 2. The standard InChI is InChI=1S/C12H14N2O2S/c1-7-5-10-9(6-13-7)8-3-2-4-11(17(15)16)12(8)14-10/h2,4,7,13H,3,5-6H2,1H3,(H,15,16). The molecule has 1 fully saturated rings. The lowest BCUT2D eigenvalue weighted by atomic mass is 9.93. The summed E-state index contributed by atoms with van der Waals surface area (Å²) < 4.78 is 20.5. The van der Waals surface area contributed by atoms with E-state index in [0.29, 0.717) is 10.9 Å². The van der Waals surface area contributed by atoms with Gasteiger partial charge in [-0.3, -0.25) is 4.99 Å². The Balaban J connectivity index is 2.11. The lowest BCUT2D eigenvalue weighted by molar-refractivity contribution is 0.571. The summed E-state index contributed by atoms with van der Waals surface area (Å²) >= 11 is -1.95. The van der Waals surface area contributed by atoms with Gasteiger partial charge in [0, 0.05) is 24.7 Å². The maximum absolute atomic E-state index is 11.3. The van der Waals surface area contributed by atoms with Gasteiger partial charge in [-0.05, 0) is 30.6 Å². The third-order valence-electron chi connectivity index (χ3n) is 3.38. The molecule has 0 aromatic carbocycles. The highest BCUT2D eigenvalue weighted by atomic mass is 32.2. The molecule has 2 atom stereocenters. The van der Waals surface area contributed by atoms with Crippen molar-refractivity contribution in [3.63, 3.8) is 0 Å². The Kier molecular flexibility index (Phi) is 2.61. The predicted molar refractivity (Wildman–Crippen MR) is 68.1 cm³/mol. The van der Waals surface area contributed by atoms with E-state index in [2.05, 4.69) is 17.2 Å². The molecule has 3 rings (SSSR count). The number of nitrogens with one attached hydrogen (secondary N) is 1. The highest BCUT2D eigenvalue weighted by Gasteiger charge is 2.31. The van der Waals surface area contributed by atoms with Gasteiger partial charge in [0.25, 0.3) is 0 Å². The molecule has 90 valence electrons. The Morgan fingerprint density at radius 3 is 3.12 bits per heavy atom. The predicted octanol–water partition coefficient (Wildman–Crippen LogP) is 1.51. The van der Waals surface area contributed by atoms with Crippen LogP contribution in [0.5, 0.6) is 0 Å². The van der Waals surface area contributed by atoms with Crippen LogP contribution in [0.3, 0.4) is 0 Å². The van der Waals surface area contributed by atoms with Crippen LogP contribution >= 0.6 is 0 Å². The van der Waals surface area contributed by atoms with Crippen LogP contribution in [-0.4, -0.2) is 27.1 Å². The van der Waals surface area contributed by atoms with Crippen LogP contribution in [-0.2, 0) is 11.1 Å². The van der Waals surface area contributed by atoms with Crippen molar-refractivity contribution in [1.29, 1.82) is 0 Å². The number of hydrogen-bond acceptors (Lipinski definition) is 3. The van der Waals surface area contributed by atoms with E-state index < -0.39 is 11.1 Å². The quantitative estimate of drug-likeness (QED) is 0.693. The Morgan fingerprint density at radius 2 is 2.35 bits per heavy atom. The van der Waals surface area contributed by atoms with E-state index in [0.717, 1.165) is 36.4 Å². The molecule has 1 saturated heterocycles. The molecule has 0 spiro atoms. The smallest absolute Gasteiger partial charge is 0.188 e. The van der Waals surface area contributed by atoms with E-state index in [9.17, 15) is 8.76 Å². The van der Waals surface area contributed by atoms with Crippen molar-refractivity contribution in [2.24, 2.45) is 4.99 Å². The largest absolute Gasteiger partial charge is 0.310 e. The summed E-state index contributed by atoms with van der Waals surface area (Å²) in [5, 5.41) is 3.41. The van der Waals surface area contributed by atoms with Gasteiger partial charge in [-0.2, -0.15) is 0 Å². The SMILES string of the molecule is CC1CC2=NC3=C(S(=O)O)C=CCC3=C2CN1. The van der Waals surface area contributed by atoms with Crippen molar-refractivity contribution in [3.8, 4) is 0 Å². The fraction of sp³-hybridized carbons (Fsp3) is 0.417. The van der Waals surface area contributed by atoms with Crippen molar-refractivity contribution >= 4 is 16.8 Å². The number of rotatable bonds is 1. The zero-order valence-electron chi connectivity index (χ0n) is 9.56. The molecule has 1 aliphatic carbocycles. The second-order valence-electron chi connectivity index (χ2n) is 4.57. The first-order chi connectivity index (χ1) is 8.16. The molecule has 2 unspecified atom stereocenters. The third kappa shape index (κ3) is 1.74. The second kappa shape index (κ2) is 4.01. The number of aliphatic imine (C=N–C) groups is 1. The van der Waals surface area contributed by atoms with Crippen molar-refractivity contribution in [2.45, 2.75) is 25.8 Å². The molecule has 4 nitrogen and oxygen atoms in total. The van der Waals surface area contributed by atoms with Crippen molar-refractivity contribution in [3.05, 3.63) is 33.9 Å². The molecule has 2 N–H and O–H groups in total. The summed E-state index contributed by atoms with van der Waals surface area (Å²) in [6.45, 7) is 2.95. The summed E-state index contributed by atoms with van der Waals surface area (Å²) in [5.41, 5.74) is 4.17. The van der Waals surface area contributed by atoms with E-state index >= 15 is 0 Å². The average Bonchev–Trinajstić information content (AvgIpc) is 2.65. The van der Waals surface area contributed by atoms with Crippen LogP contribution < -0.4 is 5.32 Å². The minimum atomic E-state index is -1.95. The zero-order chi connectivity index (χ0) is 12.0. The zero-order valence-corrected chi connectivity index (χ0v) is 10.4. The normalized spacial score (nSPS) is 29.1. The Morgan fingerprint density at radius 1 is 1.53 bits per heavy atom. The molecule has 0 radical (unpaired) electrons. The van der Waals surface area contributed by atoms with E-state index in [1.165, 1.54) is 5.57 Å². The first-order valence-electron chi connectivity index (χ1n) is 5.72.